The van der Waals surface area contributed by atoms with E-state index in [1.165, 1.54) is 14.2 Å². The molecule has 0 aromatic carbocycles. The monoisotopic (exact) mass is 280 g/mol. The molecule has 0 radical (unpaired) electrons. The molecule has 0 aliphatic rings. The van der Waals surface area contributed by atoms with E-state index >= 15 is 0 Å². The first-order chi connectivity index (χ1) is 7.80. The van der Waals surface area contributed by atoms with E-state index in [0.717, 1.165) is 0 Å². The molecule has 2 unspecified atom stereocenters. The Kier molecular flexibility index (Phi) is 6.66. The van der Waals surface area contributed by atoms with E-state index in [2.05, 4.69) is 22.3 Å². The first-order valence-electron chi connectivity index (χ1n) is 5.07. The van der Waals surface area contributed by atoms with Gasteiger partial charge in [-0.3, -0.25) is 9.59 Å². The van der Waals surface area contributed by atoms with E-state index in [9.17, 15) is 9.59 Å². The molecular formula is C10H18NO4S2+. The Morgan fingerprint density at radius 1 is 1.35 bits per heavy atom. The van der Waals surface area contributed by atoms with Gasteiger partial charge in [0.25, 0.3) is 0 Å². The molecule has 0 amide bonds. The normalized spacial score (nSPS) is 15.6. The van der Waals surface area contributed by atoms with Crippen LogP contribution in [0.15, 0.2) is 0 Å². The first kappa shape index (κ1) is 16.3. The molecule has 5 nitrogen and oxygen atoms in total. The van der Waals surface area contributed by atoms with Crippen LogP contribution < -0.4 is 0 Å². The largest absolute Gasteiger partial charge is 0.469 e. The highest BCUT2D eigenvalue weighted by molar-refractivity contribution is 7.82. The Balaban J connectivity index is 4.99. The summed E-state index contributed by atoms with van der Waals surface area (Å²) in [7, 11) is 4.26. The van der Waals surface area contributed by atoms with Crippen molar-refractivity contribution in [3.05, 3.63) is 0 Å². The quantitative estimate of drug-likeness (QED) is 0.352. The van der Waals surface area contributed by atoms with Gasteiger partial charge in [-0.05, 0) is 19.1 Å². The zero-order valence-electron chi connectivity index (χ0n) is 10.4. The van der Waals surface area contributed by atoms with Crippen LogP contribution in [0.5, 0.6) is 0 Å². The van der Waals surface area contributed by atoms with Crippen molar-refractivity contribution in [3.63, 3.8) is 0 Å². The van der Waals surface area contributed by atoms with Gasteiger partial charge < -0.3 is 9.47 Å². The maximum atomic E-state index is 11.6. The number of esters is 2. The summed E-state index contributed by atoms with van der Waals surface area (Å²) in [5.41, 5.74) is 0. The Morgan fingerprint density at radius 3 is 2.24 bits per heavy atom. The van der Waals surface area contributed by atoms with Gasteiger partial charge in [0, 0.05) is 0 Å². The van der Waals surface area contributed by atoms with Crippen LogP contribution in [0.1, 0.15) is 13.3 Å². The third-order valence-electron chi connectivity index (χ3n) is 2.47. The molecule has 2 atom stereocenters. The lowest BCUT2D eigenvalue weighted by molar-refractivity contribution is -0.666. The fraction of sp³-hybridized carbons (Fsp3) is 0.700. The van der Waals surface area contributed by atoms with Gasteiger partial charge in [0.15, 0.2) is 10.9 Å². The minimum absolute atomic E-state index is 0.0755. The molecular weight excluding hydrogens is 262 g/mol. The lowest BCUT2D eigenvalue weighted by Crippen LogP contribution is -2.46. The smallest absolute Gasteiger partial charge is 0.320 e. The van der Waals surface area contributed by atoms with Crippen LogP contribution in [0.3, 0.4) is 0 Å². The van der Waals surface area contributed by atoms with E-state index in [4.69, 9.17) is 12.2 Å². The number of hydrogen-bond donors (Lipinski definition) is 1. The van der Waals surface area contributed by atoms with E-state index in [-0.39, 0.29) is 10.3 Å². The lowest BCUT2D eigenvalue weighted by Gasteiger charge is -2.28. The van der Waals surface area contributed by atoms with Crippen molar-refractivity contribution in [2.45, 2.75) is 13.3 Å². The summed E-state index contributed by atoms with van der Waals surface area (Å²) in [6.45, 7) is 2.47. The molecule has 0 spiro atoms. The van der Waals surface area contributed by atoms with Gasteiger partial charge in [-0.25, -0.2) is 3.89 Å². The van der Waals surface area contributed by atoms with Crippen molar-refractivity contribution in [1.82, 2.24) is 0 Å². The minimum atomic E-state index is -0.815. The van der Waals surface area contributed by atoms with Crippen LogP contribution in [0.25, 0.3) is 0 Å². The van der Waals surface area contributed by atoms with Gasteiger partial charge in [0.2, 0.25) is 0 Å². The van der Waals surface area contributed by atoms with E-state index in [1.807, 2.05) is 6.92 Å². The fourth-order valence-corrected chi connectivity index (χ4v) is 1.60. The highest BCUT2D eigenvalue weighted by atomic mass is 32.1. The second-order valence-electron chi connectivity index (χ2n) is 3.65. The van der Waals surface area contributed by atoms with E-state index < -0.39 is 17.9 Å². The Hall–Kier alpha value is -0.660. The van der Waals surface area contributed by atoms with Gasteiger partial charge in [-0.1, -0.05) is 0 Å². The summed E-state index contributed by atoms with van der Waals surface area (Å²) in [6, 6.07) is 0. The van der Waals surface area contributed by atoms with Crippen LogP contribution in [0.2, 0.25) is 0 Å². The summed E-state index contributed by atoms with van der Waals surface area (Å²) in [6.07, 6.45) is -0.129. The van der Waals surface area contributed by atoms with Crippen molar-refractivity contribution in [2.75, 3.05) is 27.8 Å². The summed E-state index contributed by atoms with van der Waals surface area (Å²) in [5.74, 6) is -1.87. The van der Waals surface area contributed by atoms with Crippen LogP contribution in [-0.2, 0) is 19.1 Å². The molecule has 17 heavy (non-hydrogen) atoms. The second-order valence-corrected chi connectivity index (χ2v) is 4.95. The minimum Gasteiger partial charge on any atom is -0.469 e. The number of ether oxygens (including phenoxy) is 2. The highest BCUT2D eigenvalue weighted by Gasteiger charge is 2.38. The van der Waals surface area contributed by atoms with Gasteiger partial charge in [0.05, 0.1) is 47.0 Å². The zero-order valence-corrected chi connectivity index (χ0v) is 12.1. The molecule has 0 aliphatic heterocycles. The number of quaternary nitrogens is 1. The summed E-state index contributed by atoms with van der Waals surface area (Å²) < 4.78 is 9.25. The maximum absolute atomic E-state index is 11.6. The fourth-order valence-electron chi connectivity index (χ4n) is 1.16. The second kappa shape index (κ2) is 6.93. The SMILES string of the molecule is CC[N+](C)(S)C(=S)C(CC(=O)OC)C(=O)OC. The number of methoxy groups -OCH3 is 2. The lowest BCUT2D eigenvalue weighted by atomic mass is 10.1. The molecule has 98 valence electrons. The van der Waals surface area contributed by atoms with Gasteiger partial charge in [-0.15, -0.1) is 0 Å². The third-order valence-corrected chi connectivity index (χ3v) is 3.79. The summed E-state index contributed by atoms with van der Waals surface area (Å²) in [5, 5.41) is 0. The number of carbonyl (C=O) groups excluding carboxylic acids is 2. The summed E-state index contributed by atoms with van der Waals surface area (Å²) >= 11 is 9.55. The zero-order chi connectivity index (χ0) is 13.6. The highest BCUT2D eigenvalue weighted by Crippen LogP contribution is 2.20. The van der Waals surface area contributed by atoms with Crippen molar-refractivity contribution >= 4 is 42.0 Å². The molecule has 0 bridgehead atoms. The summed E-state index contributed by atoms with van der Waals surface area (Å²) in [4.78, 5) is 23.2. The number of thiol groups is 1. The van der Waals surface area contributed by atoms with E-state index in [0.29, 0.717) is 11.5 Å². The average Bonchev–Trinajstić information content (AvgIpc) is 2.33. The van der Waals surface area contributed by atoms with Crippen LogP contribution in [0, 0.1) is 5.92 Å². The van der Waals surface area contributed by atoms with Crippen molar-refractivity contribution in [2.24, 2.45) is 5.92 Å². The van der Waals surface area contributed by atoms with Crippen molar-refractivity contribution in [3.8, 4) is 0 Å². The Bertz CT molecular complexity index is 317. The number of rotatable bonds is 5. The molecule has 0 N–H and O–H groups in total. The van der Waals surface area contributed by atoms with Crippen molar-refractivity contribution in [1.29, 1.82) is 0 Å². The van der Waals surface area contributed by atoms with E-state index in [1.54, 1.807) is 7.05 Å². The predicted molar refractivity (Wildman–Crippen MR) is 70.4 cm³/mol. The van der Waals surface area contributed by atoms with Gasteiger partial charge >= 0.3 is 11.9 Å². The van der Waals surface area contributed by atoms with Gasteiger partial charge in [-0.2, -0.15) is 0 Å². The van der Waals surface area contributed by atoms with Crippen LogP contribution >= 0.6 is 25.0 Å². The standard InChI is InChI=1S/C10H18NO4S2/c1-5-11(2,17)9(16)7(10(13)15-4)6-8(12)14-3/h7,17H,5-6H2,1-4H3/q+1. The molecule has 0 aromatic rings. The Morgan fingerprint density at radius 2 is 1.88 bits per heavy atom. The predicted octanol–water partition coefficient (Wildman–Crippen LogP) is 0.977. The molecule has 0 rings (SSSR count). The molecule has 7 heteroatoms. The molecule has 0 fully saturated rings. The molecule has 0 aliphatic carbocycles. The molecule has 0 saturated carbocycles. The Labute approximate surface area is 112 Å². The van der Waals surface area contributed by atoms with Crippen LogP contribution in [-0.4, -0.2) is 48.6 Å². The molecule has 0 aromatic heterocycles. The van der Waals surface area contributed by atoms with Gasteiger partial charge in [0.1, 0.15) is 0 Å². The average molecular weight is 280 g/mol. The van der Waals surface area contributed by atoms with Crippen molar-refractivity contribution < 1.29 is 23.0 Å². The molecule has 0 heterocycles. The molecule has 0 saturated heterocycles. The number of hydrogen-bond acceptors (Lipinski definition) is 6. The number of thiocarbonyl (C=S) groups is 1. The first-order valence-corrected chi connectivity index (χ1v) is 5.88. The number of nitrogens with zero attached hydrogens (tertiary/aromatic N) is 1. The maximum Gasteiger partial charge on any atom is 0.320 e. The number of carbonyl (C=O) groups is 2. The topological polar surface area (TPSA) is 52.6 Å². The van der Waals surface area contributed by atoms with Crippen LogP contribution in [0.4, 0.5) is 0 Å². The third kappa shape index (κ3) is 4.61.